The first-order chi connectivity index (χ1) is 12.6. The number of hydrogen-bond donors (Lipinski definition) is 0. The molecule has 0 aliphatic heterocycles. The van der Waals surface area contributed by atoms with Crippen LogP contribution >= 0.6 is 11.6 Å². The number of nitrogens with zero attached hydrogens (tertiary/aromatic N) is 1. The molecule has 2 rings (SSSR count). The Labute approximate surface area is 163 Å². The van der Waals surface area contributed by atoms with Gasteiger partial charge in [0.25, 0.3) is 0 Å². The van der Waals surface area contributed by atoms with Crippen molar-refractivity contribution in [1.29, 1.82) is 0 Å². The van der Waals surface area contributed by atoms with Crippen LogP contribution in [0.1, 0.15) is 31.9 Å². The van der Waals surface area contributed by atoms with Crippen molar-refractivity contribution in [1.82, 2.24) is 4.90 Å². The maximum atomic E-state index is 13.5. The molecular weight excluding hydrogens is 372 g/mol. The number of hydrogen-bond acceptors (Lipinski definition) is 2. The molecule has 0 aromatic heterocycles. The second kappa shape index (κ2) is 9.00. The lowest BCUT2D eigenvalue weighted by molar-refractivity contribution is 0.0256. The first-order valence-electron chi connectivity index (χ1n) is 8.48. The van der Waals surface area contributed by atoms with Gasteiger partial charge in [-0.1, -0.05) is 42.0 Å². The Hall–Kier alpha value is -2.40. The minimum absolute atomic E-state index is 0.0943. The Morgan fingerprint density at radius 1 is 1.11 bits per heavy atom. The van der Waals surface area contributed by atoms with E-state index in [4.69, 9.17) is 16.3 Å². The first-order valence-corrected chi connectivity index (χ1v) is 8.86. The normalized spacial score (nSPS) is 11.6. The fourth-order valence-electron chi connectivity index (χ4n) is 2.28. The minimum Gasteiger partial charge on any atom is -0.444 e. The summed E-state index contributed by atoms with van der Waals surface area (Å²) >= 11 is 5.86. The van der Waals surface area contributed by atoms with Crippen molar-refractivity contribution < 1.29 is 18.3 Å². The lowest BCUT2D eigenvalue weighted by Gasteiger charge is -2.26. The maximum absolute atomic E-state index is 13.5. The van der Waals surface area contributed by atoms with Gasteiger partial charge in [-0.05, 0) is 56.2 Å². The molecule has 2 aromatic carbocycles. The summed E-state index contributed by atoms with van der Waals surface area (Å²) in [5.74, 6) is -1.88. The fourth-order valence-corrected chi connectivity index (χ4v) is 2.40. The van der Waals surface area contributed by atoms with Crippen molar-refractivity contribution in [2.75, 3.05) is 6.54 Å². The van der Waals surface area contributed by atoms with Crippen molar-refractivity contribution in [2.24, 2.45) is 0 Å². The van der Waals surface area contributed by atoms with E-state index in [9.17, 15) is 13.6 Å². The van der Waals surface area contributed by atoms with Gasteiger partial charge in [-0.3, -0.25) is 0 Å². The van der Waals surface area contributed by atoms with Crippen LogP contribution in [0.15, 0.2) is 48.5 Å². The summed E-state index contributed by atoms with van der Waals surface area (Å²) in [6.07, 6.45) is 3.11. The lowest BCUT2D eigenvalue weighted by Crippen LogP contribution is -2.36. The van der Waals surface area contributed by atoms with Crippen molar-refractivity contribution in [3.63, 3.8) is 0 Å². The van der Waals surface area contributed by atoms with Crippen LogP contribution in [0.2, 0.25) is 5.02 Å². The molecule has 2 aromatic rings. The van der Waals surface area contributed by atoms with Gasteiger partial charge in [-0.15, -0.1) is 0 Å². The molecule has 0 unspecified atom stereocenters. The highest BCUT2D eigenvalue weighted by Gasteiger charge is 2.22. The van der Waals surface area contributed by atoms with Crippen LogP contribution < -0.4 is 0 Å². The van der Waals surface area contributed by atoms with Gasteiger partial charge >= 0.3 is 6.09 Å². The summed E-state index contributed by atoms with van der Waals surface area (Å²) in [6, 6.07) is 10.8. The predicted molar refractivity (Wildman–Crippen MR) is 103 cm³/mol. The van der Waals surface area contributed by atoms with E-state index in [1.54, 1.807) is 39.0 Å². The molecule has 0 N–H and O–H groups in total. The van der Waals surface area contributed by atoms with Crippen LogP contribution in [0.3, 0.4) is 0 Å². The molecule has 0 radical (unpaired) electrons. The number of halogens is 3. The fraction of sp³-hybridized carbons (Fsp3) is 0.286. The Morgan fingerprint density at radius 2 is 1.78 bits per heavy atom. The number of ether oxygens (including phenoxy) is 1. The monoisotopic (exact) mass is 393 g/mol. The van der Waals surface area contributed by atoms with Gasteiger partial charge in [-0.2, -0.15) is 0 Å². The van der Waals surface area contributed by atoms with Gasteiger partial charge in [0.2, 0.25) is 0 Å². The van der Waals surface area contributed by atoms with E-state index in [0.29, 0.717) is 10.6 Å². The standard InChI is InChI=1S/C21H22ClF2NO2/c1-21(2,3)27-20(26)25(14-16-8-11-18(23)19(24)13-16)12-4-5-15-6-9-17(22)10-7-15/h4-11,13H,12,14H2,1-3H3. The Bertz CT molecular complexity index is 814. The van der Waals surface area contributed by atoms with E-state index in [1.165, 1.54) is 11.0 Å². The van der Waals surface area contributed by atoms with Crippen molar-refractivity contribution in [2.45, 2.75) is 32.9 Å². The van der Waals surface area contributed by atoms with E-state index in [2.05, 4.69) is 0 Å². The summed E-state index contributed by atoms with van der Waals surface area (Å²) in [7, 11) is 0. The highest BCUT2D eigenvalue weighted by atomic mass is 35.5. The highest BCUT2D eigenvalue weighted by Crippen LogP contribution is 2.16. The third kappa shape index (κ3) is 7.02. The molecule has 1 amide bonds. The van der Waals surface area contributed by atoms with Gasteiger partial charge < -0.3 is 9.64 Å². The molecule has 0 aliphatic carbocycles. The molecule has 0 bridgehead atoms. The van der Waals surface area contributed by atoms with Gasteiger partial charge in [0.15, 0.2) is 11.6 Å². The first kappa shape index (κ1) is 20.9. The number of carbonyl (C=O) groups is 1. The van der Waals surface area contributed by atoms with Gasteiger partial charge in [0.1, 0.15) is 5.60 Å². The Balaban J connectivity index is 2.14. The van der Waals surface area contributed by atoms with E-state index >= 15 is 0 Å². The third-order valence-electron chi connectivity index (χ3n) is 3.52. The number of carbonyl (C=O) groups excluding carboxylic acids is 1. The zero-order valence-corrected chi connectivity index (χ0v) is 16.3. The van der Waals surface area contributed by atoms with Gasteiger partial charge in [0, 0.05) is 18.1 Å². The van der Waals surface area contributed by atoms with Crippen LogP contribution in [0.4, 0.5) is 13.6 Å². The van der Waals surface area contributed by atoms with Crippen molar-refractivity contribution in [3.8, 4) is 0 Å². The molecular formula is C21H22ClF2NO2. The number of rotatable bonds is 5. The third-order valence-corrected chi connectivity index (χ3v) is 3.77. The smallest absolute Gasteiger partial charge is 0.410 e. The SMILES string of the molecule is CC(C)(C)OC(=O)N(CC=Cc1ccc(Cl)cc1)Cc1ccc(F)c(F)c1. The second-order valence-electron chi connectivity index (χ2n) is 7.06. The van der Waals surface area contributed by atoms with Crippen LogP contribution in [-0.2, 0) is 11.3 Å². The lowest BCUT2D eigenvalue weighted by atomic mass is 10.2. The topological polar surface area (TPSA) is 29.5 Å². The van der Waals surface area contributed by atoms with Crippen LogP contribution in [0, 0.1) is 11.6 Å². The largest absolute Gasteiger partial charge is 0.444 e. The van der Waals surface area contributed by atoms with Crippen LogP contribution in [0.5, 0.6) is 0 Å². The molecule has 0 spiro atoms. The average Bonchev–Trinajstić information content (AvgIpc) is 2.57. The van der Waals surface area contributed by atoms with E-state index < -0.39 is 23.3 Å². The summed E-state index contributed by atoms with van der Waals surface area (Å²) in [4.78, 5) is 13.9. The maximum Gasteiger partial charge on any atom is 0.410 e. The van der Waals surface area contributed by atoms with Crippen molar-refractivity contribution >= 4 is 23.8 Å². The molecule has 27 heavy (non-hydrogen) atoms. The molecule has 0 heterocycles. The average molecular weight is 394 g/mol. The molecule has 0 saturated carbocycles. The van der Waals surface area contributed by atoms with Crippen LogP contribution in [0.25, 0.3) is 6.08 Å². The minimum atomic E-state index is -0.951. The zero-order chi connectivity index (χ0) is 20.0. The number of amides is 1. The molecule has 0 saturated heterocycles. The molecule has 6 heteroatoms. The van der Waals surface area contributed by atoms with Crippen molar-refractivity contribution in [3.05, 3.63) is 76.3 Å². The van der Waals surface area contributed by atoms with E-state index in [-0.39, 0.29) is 13.1 Å². The summed E-state index contributed by atoms with van der Waals surface area (Å²) < 4.78 is 32.0. The molecule has 144 valence electrons. The predicted octanol–water partition coefficient (Wildman–Crippen LogP) is 6.07. The molecule has 0 aliphatic rings. The summed E-state index contributed by atoms with van der Waals surface area (Å²) in [6.45, 7) is 5.65. The van der Waals surface area contributed by atoms with E-state index in [1.807, 2.05) is 18.2 Å². The van der Waals surface area contributed by atoms with Crippen LogP contribution in [-0.4, -0.2) is 23.1 Å². The molecule has 0 fully saturated rings. The van der Waals surface area contributed by atoms with E-state index in [0.717, 1.165) is 17.7 Å². The Kier molecular flexibility index (Phi) is 6.97. The molecule has 0 atom stereocenters. The summed E-state index contributed by atoms with van der Waals surface area (Å²) in [5.41, 5.74) is 0.736. The van der Waals surface area contributed by atoms with Gasteiger partial charge in [-0.25, -0.2) is 13.6 Å². The number of benzene rings is 2. The second-order valence-corrected chi connectivity index (χ2v) is 7.50. The molecule has 3 nitrogen and oxygen atoms in total. The Morgan fingerprint density at radius 3 is 2.37 bits per heavy atom. The zero-order valence-electron chi connectivity index (χ0n) is 15.5. The van der Waals surface area contributed by atoms with Gasteiger partial charge in [0.05, 0.1) is 0 Å². The summed E-state index contributed by atoms with van der Waals surface area (Å²) in [5, 5.41) is 0.640. The highest BCUT2D eigenvalue weighted by molar-refractivity contribution is 6.30. The quantitative estimate of drug-likeness (QED) is 0.617.